The maximum atomic E-state index is 12.2. The number of anilines is 1. The molecule has 0 radical (unpaired) electrons. The van der Waals surface area contributed by atoms with Crippen molar-refractivity contribution in [3.63, 3.8) is 0 Å². The molecule has 0 unspecified atom stereocenters. The summed E-state index contributed by atoms with van der Waals surface area (Å²) in [6.07, 6.45) is 1.35. The van der Waals surface area contributed by atoms with Gasteiger partial charge in [0.2, 0.25) is 5.82 Å². The van der Waals surface area contributed by atoms with Crippen molar-refractivity contribution in [2.75, 3.05) is 44.8 Å². The minimum atomic E-state index is -0.688. The molecule has 1 fully saturated rings. The largest absolute Gasteiger partial charge is 0.462 e. The van der Waals surface area contributed by atoms with E-state index in [1.54, 1.807) is 17.2 Å². The molecule has 0 aromatic carbocycles. The first-order valence-electron chi connectivity index (χ1n) is 9.32. The van der Waals surface area contributed by atoms with Crippen LogP contribution in [0.15, 0.2) is 22.9 Å². The Morgan fingerprint density at radius 1 is 1.21 bits per heavy atom. The second-order valence-corrected chi connectivity index (χ2v) is 7.91. The molecule has 1 amide bonds. The zero-order valence-corrected chi connectivity index (χ0v) is 17.0. The minimum Gasteiger partial charge on any atom is -0.462 e. The summed E-state index contributed by atoms with van der Waals surface area (Å²) in [4.78, 5) is 35.9. The topological polar surface area (TPSA) is 111 Å². The molecule has 10 heteroatoms. The average Bonchev–Trinajstić information content (AvgIpc) is 3.21. The number of piperazine rings is 1. The number of hydrogen-bond donors (Lipinski definition) is 0. The molecule has 156 valence electrons. The van der Waals surface area contributed by atoms with E-state index >= 15 is 0 Å². The Morgan fingerprint density at radius 3 is 2.59 bits per heavy atom. The van der Waals surface area contributed by atoms with Gasteiger partial charge >= 0.3 is 18.0 Å². The molecule has 0 aliphatic carbocycles. The van der Waals surface area contributed by atoms with E-state index in [4.69, 9.17) is 9.26 Å². The molecule has 1 aliphatic heterocycles. The van der Waals surface area contributed by atoms with Gasteiger partial charge in [0.1, 0.15) is 5.82 Å². The maximum absolute atomic E-state index is 12.2. The number of hydrogen-bond acceptors (Lipinski definition) is 9. The zero-order chi connectivity index (χ0) is 21.0. The highest BCUT2D eigenvalue weighted by atomic mass is 16.6. The molecular weight excluding hydrogens is 378 g/mol. The standard InChI is InChI=1S/C19H25N5O5/c1-19(2,3)12-28-18(26)24-9-7-23(8-10-24)14-11-13(5-6-20-14)15-21-16(29-22-15)17(25)27-4/h5-6,11H,7-10,12H2,1-4H3. The fourth-order valence-electron chi connectivity index (χ4n) is 2.73. The van der Waals surface area contributed by atoms with Crippen LogP contribution in [0.4, 0.5) is 10.6 Å². The van der Waals surface area contributed by atoms with Crippen molar-refractivity contribution >= 4 is 17.9 Å². The first-order valence-corrected chi connectivity index (χ1v) is 9.32. The third-order valence-corrected chi connectivity index (χ3v) is 4.28. The second-order valence-electron chi connectivity index (χ2n) is 7.91. The molecule has 29 heavy (non-hydrogen) atoms. The normalized spacial score (nSPS) is 14.6. The van der Waals surface area contributed by atoms with Crippen molar-refractivity contribution < 1.29 is 23.6 Å². The summed E-state index contributed by atoms with van der Waals surface area (Å²) >= 11 is 0. The van der Waals surface area contributed by atoms with E-state index in [0.29, 0.717) is 38.3 Å². The Morgan fingerprint density at radius 2 is 1.93 bits per heavy atom. The van der Waals surface area contributed by atoms with E-state index in [-0.39, 0.29) is 23.2 Å². The predicted octanol–water partition coefficient (Wildman–Crippen LogP) is 2.22. The van der Waals surface area contributed by atoms with E-state index in [9.17, 15) is 9.59 Å². The van der Waals surface area contributed by atoms with Crippen molar-refractivity contribution in [3.8, 4) is 11.4 Å². The SMILES string of the molecule is COC(=O)c1nc(-c2ccnc(N3CCN(C(=O)OCC(C)(C)C)CC3)c2)no1. The van der Waals surface area contributed by atoms with Crippen molar-refractivity contribution in [1.29, 1.82) is 0 Å². The van der Waals surface area contributed by atoms with Gasteiger partial charge in [-0.3, -0.25) is 0 Å². The Labute approximate surface area is 168 Å². The number of carbonyl (C=O) groups is 2. The molecule has 2 aromatic rings. The van der Waals surface area contributed by atoms with Crippen molar-refractivity contribution in [2.24, 2.45) is 5.41 Å². The average molecular weight is 403 g/mol. The van der Waals surface area contributed by atoms with Crippen LogP contribution in [-0.4, -0.2) is 72.0 Å². The first-order chi connectivity index (χ1) is 13.8. The smallest absolute Gasteiger partial charge is 0.409 e. The van der Waals surface area contributed by atoms with Gasteiger partial charge in [0, 0.05) is 37.9 Å². The third-order valence-electron chi connectivity index (χ3n) is 4.28. The number of esters is 1. The van der Waals surface area contributed by atoms with Gasteiger partial charge in [-0.15, -0.1) is 0 Å². The highest BCUT2D eigenvalue weighted by Crippen LogP contribution is 2.22. The summed E-state index contributed by atoms with van der Waals surface area (Å²) < 4.78 is 14.9. The molecule has 0 atom stereocenters. The summed E-state index contributed by atoms with van der Waals surface area (Å²) in [6.45, 7) is 8.79. The maximum Gasteiger partial charge on any atom is 0.409 e. The Balaban J connectivity index is 1.61. The van der Waals surface area contributed by atoms with E-state index in [0.717, 1.165) is 5.82 Å². The van der Waals surface area contributed by atoms with E-state index < -0.39 is 5.97 Å². The van der Waals surface area contributed by atoms with Gasteiger partial charge in [-0.05, 0) is 17.5 Å². The van der Waals surface area contributed by atoms with Crippen LogP contribution in [0.1, 0.15) is 31.5 Å². The molecule has 3 heterocycles. The minimum absolute atomic E-state index is 0.0648. The fraction of sp³-hybridized carbons (Fsp3) is 0.526. The molecule has 0 saturated carbocycles. The van der Waals surface area contributed by atoms with Crippen LogP contribution in [0.2, 0.25) is 0 Å². The number of aromatic nitrogens is 3. The highest BCUT2D eigenvalue weighted by Gasteiger charge is 2.25. The number of methoxy groups -OCH3 is 1. The lowest BCUT2D eigenvalue weighted by molar-refractivity contribution is 0.0545. The van der Waals surface area contributed by atoms with Gasteiger partial charge in [0.05, 0.1) is 13.7 Å². The van der Waals surface area contributed by atoms with Gasteiger partial charge in [-0.25, -0.2) is 14.6 Å². The van der Waals surface area contributed by atoms with E-state index in [2.05, 4.69) is 24.8 Å². The first kappa shape index (κ1) is 20.6. The van der Waals surface area contributed by atoms with Gasteiger partial charge in [-0.2, -0.15) is 4.98 Å². The van der Waals surface area contributed by atoms with Crippen LogP contribution in [0.25, 0.3) is 11.4 Å². The molecule has 1 aliphatic rings. The molecule has 0 spiro atoms. The van der Waals surface area contributed by atoms with E-state index in [1.807, 2.05) is 26.8 Å². The second kappa shape index (κ2) is 8.46. The Bertz CT molecular complexity index is 868. The number of nitrogens with zero attached hydrogens (tertiary/aromatic N) is 5. The number of carbonyl (C=O) groups excluding carboxylic acids is 2. The summed E-state index contributed by atoms with van der Waals surface area (Å²) in [5, 5.41) is 3.81. The lowest BCUT2D eigenvalue weighted by Crippen LogP contribution is -2.49. The summed E-state index contributed by atoms with van der Waals surface area (Å²) in [7, 11) is 1.25. The zero-order valence-electron chi connectivity index (χ0n) is 17.0. The summed E-state index contributed by atoms with van der Waals surface area (Å²) in [5.41, 5.74) is 0.603. The number of ether oxygens (including phenoxy) is 2. The van der Waals surface area contributed by atoms with Gasteiger partial charge in [0.25, 0.3) is 0 Å². The van der Waals surface area contributed by atoms with Crippen LogP contribution in [0, 0.1) is 5.41 Å². The fourth-order valence-corrected chi connectivity index (χ4v) is 2.73. The molecule has 2 aromatic heterocycles. The molecule has 0 bridgehead atoms. The predicted molar refractivity (Wildman–Crippen MR) is 103 cm³/mol. The quantitative estimate of drug-likeness (QED) is 0.709. The third kappa shape index (κ3) is 5.21. The Hall–Kier alpha value is -3.17. The number of rotatable bonds is 4. The lowest BCUT2D eigenvalue weighted by atomic mass is 9.99. The molecular formula is C19H25N5O5. The van der Waals surface area contributed by atoms with Gasteiger partial charge in [-0.1, -0.05) is 25.9 Å². The number of pyridine rings is 1. The lowest BCUT2D eigenvalue weighted by Gasteiger charge is -2.35. The van der Waals surface area contributed by atoms with Crippen LogP contribution in [-0.2, 0) is 9.47 Å². The number of amides is 1. The molecule has 10 nitrogen and oxygen atoms in total. The van der Waals surface area contributed by atoms with Crippen molar-refractivity contribution in [3.05, 3.63) is 24.2 Å². The Kier molecular flexibility index (Phi) is 6.00. The summed E-state index contributed by atoms with van der Waals surface area (Å²) in [6, 6.07) is 3.55. The van der Waals surface area contributed by atoms with Crippen molar-refractivity contribution in [1.82, 2.24) is 20.0 Å². The van der Waals surface area contributed by atoms with Crippen LogP contribution < -0.4 is 4.90 Å². The summed E-state index contributed by atoms with van der Waals surface area (Å²) in [5.74, 6) is 0.115. The van der Waals surface area contributed by atoms with Gasteiger partial charge < -0.3 is 23.8 Å². The molecule has 3 rings (SSSR count). The molecule has 0 N–H and O–H groups in total. The monoisotopic (exact) mass is 403 g/mol. The van der Waals surface area contributed by atoms with Crippen LogP contribution in [0.5, 0.6) is 0 Å². The molecule has 1 saturated heterocycles. The highest BCUT2D eigenvalue weighted by molar-refractivity contribution is 5.84. The van der Waals surface area contributed by atoms with E-state index in [1.165, 1.54) is 7.11 Å². The van der Waals surface area contributed by atoms with Crippen molar-refractivity contribution in [2.45, 2.75) is 20.8 Å². The van der Waals surface area contributed by atoms with Crippen LogP contribution >= 0.6 is 0 Å². The van der Waals surface area contributed by atoms with Crippen LogP contribution in [0.3, 0.4) is 0 Å². The van der Waals surface area contributed by atoms with Gasteiger partial charge in [0.15, 0.2) is 0 Å².